The fraction of sp³-hybridized carbons (Fsp3) is 0.429. The second-order valence-corrected chi connectivity index (χ2v) is 6.17. The van der Waals surface area contributed by atoms with Crippen molar-refractivity contribution in [3.63, 3.8) is 0 Å². The van der Waals surface area contributed by atoms with Gasteiger partial charge in [-0.05, 0) is 48.0 Å². The van der Waals surface area contributed by atoms with Crippen molar-refractivity contribution in [2.75, 3.05) is 6.54 Å². The Morgan fingerprint density at radius 2 is 2.10 bits per heavy atom. The standard InChI is InChI=1S/C14H18BrClN4/c1-4-18-13(10-5-11(15)7-17-6-10)14-12(16)8-19-20(14)9(2)3/h5-9,13,18H,4H2,1-3H3. The van der Waals surface area contributed by atoms with Gasteiger partial charge in [0.1, 0.15) is 0 Å². The van der Waals surface area contributed by atoms with Crippen LogP contribution in [0.4, 0.5) is 0 Å². The van der Waals surface area contributed by atoms with E-state index in [0.717, 1.165) is 22.3 Å². The number of aromatic nitrogens is 3. The van der Waals surface area contributed by atoms with Gasteiger partial charge in [0.2, 0.25) is 0 Å². The molecule has 0 saturated heterocycles. The van der Waals surface area contributed by atoms with Gasteiger partial charge in [-0.15, -0.1) is 0 Å². The Morgan fingerprint density at radius 3 is 2.70 bits per heavy atom. The lowest BCUT2D eigenvalue weighted by atomic mass is 10.1. The third kappa shape index (κ3) is 3.22. The molecular weight excluding hydrogens is 340 g/mol. The molecule has 0 aliphatic rings. The molecule has 4 nitrogen and oxygen atoms in total. The highest BCUT2D eigenvalue weighted by Crippen LogP contribution is 2.30. The predicted molar refractivity (Wildman–Crippen MR) is 85.1 cm³/mol. The first-order valence-corrected chi connectivity index (χ1v) is 7.78. The summed E-state index contributed by atoms with van der Waals surface area (Å²) >= 11 is 9.82. The van der Waals surface area contributed by atoms with E-state index < -0.39 is 0 Å². The summed E-state index contributed by atoms with van der Waals surface area (Å²) in [5.41, 5.74) is 2.04. The number of hydrogen-bond donors (Lipinski definition) is 1. The minimum Gasteiger partial charge on any atom is -0.305 e. The van der Waals surface area contributed by atoms with E-state index in [1.807, 2.05) is 16.9 Å². The molecule has 6 heteroatoms. The van der Waals surface area contributed by atoms with Crippen molar-refractivity contribution >= 4 is 27.5 Å². The van der Waals surface area contributed by atoms with Crippen molar-refractivity contribution in [3.05, 3.63) is 45.4 Å². The van der Waals surface area contributed by atoms with E-state index in [2.05, 4.69) is 52.1 Å². The van der Waals surface area contributed by atoms with Gasteiger partial charge >= 0.3 is 0 Å². The minimum absolute atomic E-state index is 0.0256. The van der Waals surface area contributed by atoms with Gasteiger partial charge in [0.25, 0.3) is 0 Å². The summed E-state index contributed by atoms with van der Waals surface area (Å²) in [6.45, 7) is 7.09. The Morgan fingerprint density at radius 1 is 1.35 bits per heavy atom. The fourth-order valence-electron chi connectivity index (χ4n) is 2.20. The normalized spacial score (nSPS) is 12.9. The molecule has 0 fully saturated rings. The van der Waals surface area contributed by atoms with Crippen molar-refractivity contribution in [2.45, 2.75) is 32.9 Å². The highest BCUT2D eigenvalue weighted by Gasteiger charge is 2.23. The summed E-state index contributed by atoms with van der Waals surface area (Å²) < 4.78 is 2.90. The highest BCUT2D eigenvalue weighted by atomic mass is 79.9. The average molecular weight is 358 g/mol. The molecule has 2 rings (SSSR count). The molecule has 0 spiro atoms. The Labute approximate surface area is 132 Å². The molecular formula is C14H18BrClN4. The molecule has 108 valence electrons. The number of nitrogens with one attached hydrogen (secondary N) is 1. The largest absolute Gasteiger partial charge is 0.305 e. The quantitative estimate of drug-likeness (QED) is 0.880. The SMILES string of the molecule is CCNC(c1cncc(Br)c1)c1c(Cl)cnn1C(C)C. The molecule has 1 atom stereocenters. The summed E-state index contributed by atoms with van der Waals surface area (Å²) in [6.07, 6.45) is 5.33. The topological polar surface area (TPSA) is 42.7 Å². The predicted octanol–water partition coefficient (Wildman–Crippen LogP) is 3.97. The summed E-state index contributed by atoms with van der Waals surface area (Å²) in [5.74, 6) is 0. The zero-order valence-electron chi connectivity index (χ0n) is 11.8. The third-order valence-electron chi connectivity index (χ3n) is 3.02. The third-order valence-corrected chi connectivity index (χ3v) is 3.74. The van der Waals surface area contributed by atoms with E-state index in [4.69, 9.17) is 11.6 Å². The molecule has 2 aromatic rings. The second-order valence-electron chi connectivity index (χ2n) is 4.84. The number of pyridine rings is 1. The van der Waals surface area contributed by atoms with Crippen LogP contribution in [0.2, 0.25) is 5.02 Å². The Bertz CT molecular complexity index is 582. The van der Waals surface area contributed by atoms with Crippen LogP contribution in [0, 0.1) is 0 Å². The summed E-state index contributed by atoms with van der Waals surface area (Å²) in [6, 6.07) is 2.27. The van der Waals surface area contributed by atoms with Crippen LogP contribution in [0.1, 0.15) is 44.1 Å². The first kappa shape index (κ1) is 15.5. The van der Waals surface area contributed by atoms with Crippen molar-refractivity contribution in [1.82, 2.24) is 20.1 Å². The summed E-state index contributed by atoms with van der Waals surface area (Å²) in [7, 11) is 0. The van der Waals surface area contributed by atoms with Crippen LogP contribution in [0.25, 0.3) is 0 Å². The summed E-state index contributed by atoms with van der Waals surface area (Å²) in [4.78, 5) is 4.24. The number of hydrogen-bond acceptors (Lipinski definition) is 3. The lowest BCUT2D eigenvalue weighted by molar-refractivity contribution is 0.476. The van der Waals surface area contributed by atoms with E-state index in [9.17, 15) is 0 Å². The van der Waals surface area contributed by atoms with Gasteiger partial charge in [-0.3, -0.25) is 9.67 Å². The number of rotatable bonds is 5. The van der Waals surface area contributed by atoms with Gasteiger partial charge in [0.05, 0.1) is 23.0 Å². The van der Waals surface area contributed by atoms with E-state index >= 15 is 0 Å². The number of halogens is 2. The molecule has 0 radical (unpaired) electrons. The van der Waals surface area contributed by atoms with Crippen molar-refractivity contribution in [2.24, 2.45) is 0 Å². The van der Waals surface area contributed by atoms with Gasteiger partial charge in [-0.25, -0.2) is 0 Å². The molecule has 0 aromatic carbocycles. The lowest BCUT2D eigenvalue weighted by Crippen LogP contribution is -2.26. The van der Waals surface area contributed by atoms with Crippen LogP contribution >= 0.6 is 27.5 Å². The van der Waals surface area contributed by atoms with Crippen LogP contribution in [0.15, 0.2) is 29.1 Å². The van der Waals surface area contributed by atoms with Crippen LogP contribution in [0.3, 0.4) is 0 Å². The zero-order chi connectivity index (χ0) is 14.7. The monoisotopic (exact) mass is 356 g/mol. The maximum atomic E-state index is 6.35. The maximum Gasteiger partial charge on any atom is 0.0837 e. The first-order chi connectivity index (χ1) is 9.54. The molecule has 1 unspecified atom stereocenters. The van der Waals surface area contributed by atoms with Gasteiger partial charge in [-0.2, -0.15) is 5.10 Å². The van der Waals surface area contributed by atoms with Crippen LogP contribution in [-0.4, -0.2) is 21.3 Å². The Hall–Kier alpha value is -0.910. The molecule has 2 heterocycles. The zero-order valence-corrected chi connectivity index (χ0v) is 14.1. The van der Waals surface area contributed by atoms with Gasteiger partial charge in [0, 0.05) is 22.9 Å². The molecule has 2 aromatic heterocycles. The highest BCUT2D eigenvalue weighted by molar-refractivity contribution is 9.10. The van der Waals surface area contributed by atoms with Crippen LogP contribution in [-0.2, 0) is 0 Å². The molecule has 0 saturated carbocycles. The molecule has 0 bridgehead atoms. The van der Waals surface area contributed by atoms with Crippen LogP contribution in [0.5, 0.6) is 0 Å². The molecule has 0 aliphatic heterocycles. The molecule has 1 N–H and O–H groups in total. The Balaban J connectivity index is 2.51. The van der Waals surface area contributed by atoms with E-state index in [0.29, 0.717) is 5.02 Å². The van der Waals surface area contributed by atoms with Gasteiger partial charge in [-0.1, -0.05) is 18.5 Å². The smallest absolute Gasteiger partial charge is 0.0837 e. The summed E-state index contributed by atoms with van der Waals surface area (Å²) in [5, 5.41) is 8.51. The first-order valence-electron chi connectivity index (χ1n) is 6.61. The fourth-order valence-corrected chi connectivity index (χ4v) is 2.82. The van der Waals surface area contributed by atoms with Gasteiger partial charge < -0.3 is 5.32 Å². The minimum atomic E-state index is -0.0256. The van der Waals surface area contributed by atoms with Gasteiger partial charge in [0.15, 0.2) is 0 Å². The molecule has 0 aliphatic carbocycles. The lowest BCUT2D eigenvalue weighted by Gasteiger charge is -2.22. The van der Waals surface area contributed by atoms with E-state index in [-0.39, 0.29) is 12.1 Å². The molecule has 20 heavy (non-hydrogen) atoms. The van der Waals surface area contributed by atoms with Crippen LogP contribution < -0.4 is 5.32 Å². The van der Waals surface area contributed by atoms with E-state index in [1.165, 1.54) is 0 Å². The maximum absolute atomic E-state index is 6.35. The van der Waals surface area contributed by atoms with Crippen molar-refractivity contribution < 1.29 is 0 Å². The average Bonchev–Trinajstić information content (AvgIpc) is 2.78. The number of nitrogens with zero attached hydrogens (tertiary/aromatic N) is 3. The molecule has 0 amide bonds. The Kier molecular flexibility index (Phi) is 5.18. The second kappa shape index (κ2) is 6.70. The van der Waals surface area contributed by atoms with Crippen molar-refractivity contribution in [3.8, 4) is 0 Å². The van der Waals surface area contributed by atoms with Crippen molar-refractivity contribution in [1.29, 1.82) is 0 Å². The van der Waals surface area contributed by atoms with E-state index in [1.54, 1.807) is 12.4 Å².